The molecule has 0 bridgehead atoms. The van der Waals surface area contributed by atoms with Crippen LogP contribution in [0.2, 0.25) is 0 Å². The van der Waals surface area contributed by atoms with Crippen molar-refractivity contribution < 1.29 is 9.47 Å². The van der Waals surface area contributed by atoms with Crippen molar-refractivity contribution in [2.75, 3.05) is 20.2 Å². The molecule has 1 aliphatic heterocycles. The van der Waals surface area contributed by atoms with Gasteiger partial charge in [0.15, 0.2) is 5.79 Å². The highest BCUT2D eigenvalue weighted by Gasteiger charge is 2.40. The Bertz CT molecular complexity index is 1120. The summed E-state index contributed by atoms with van der Waals surface area (Å²) in [6.07, 6.45) is 57.9. The van der Waals surface area contributed by atoms with Crippen LogP contribution in [0.25, 0.3) is 0 Å². The minimum absolute atomic E-state index is 0.113. The first kappa shape index (κ1) is 51.1. The molecule has 2 heterocycles. The number of pyridine rings is 1. The molecule has 0 radical (unpaired) electrons. The van der Waals surface area contributed by atoms with E-state index in [2.05, 4.69) is 112 Å². The summed E-state index contributed by atoms with van der Waals surface area (Å²) in [7, 11) is 2.28. The van der Waals surface area contributed by atoms with Crippen LogP contribution in [-0.2, 0) is 14.9 Å². The van der Waals surface area contributed by atoms with Gasteiger partial charge in [-0.3, -0.25) is 4.98 Å². The molecule has 0 aromatic carbocycles. The first-order chi connectivity index (χ1) is 27.8. The van der Waals surface area contributed by atoms with E-state index in [-0.39, 0.29) is 17.3 Å². The minimum Gasteiger partial charge on any atom is -0.347 e. The van der Waals surface area contributed by atoms with E-state index in [0.717, 1.165) is 51.7 Å². The summed E-state index contributed by atoms with van der Waals surface area (Å²) in [5, 5.41) is 0. The quantitative estimate of drug-likeness (QED) is 0.0497. The maximum Gasteiger partial charge on any atom is 0.168 e. The van der Waals surface area contributed by atoms with Crippen LogP contribution in [0.3, 0.4) is 0 Å². The summed E-state index contributed by atoms with van der Waals surface area (Å²) in [4.78, 5) is 6.76. The molecule has 1 saturated heterocycles. The predicted octanol–water partition coefficient (Wildman–Crippen LogP) is 16.0. The predicted molar refractivity (Wildman–Crippen MR) is 250 cm³/mol. The summed E-state index contributed by atoms with van der Waals surface area (Å²) in [5.41, 5.74) is 1.48. The van der Waals surface area contributed by atoms with Gasteiger partial charge in [-0.05, 0) is 127 Å². The van der Waals surface area contributed by atoms with Gasteiger partial charge in [0.25, 0.3) is 0 Å². The Morgan fingerprint density at radius 2 is 1.11 bits per heavy atom. The number of hydrogen-bond donors (Lipinski definition) is 0. The van der Waals surface area contributed by atoms with Crippen LogP contribution in [0.1, 0.15) is 220 Å². The molecule has 1 aromatic heterocycles. The third-order valence-electron chi connectivity index (χ3n) is 12.3. The van der Waals surface area contributed by atoms with E-state index in [9.17, 15) is 0 Å². The fourth-order valence-corrected chi connectivity index (χ4v) is 8.29. The van der Waals surface area contributed by atoms with E-state index >= 15 is 0 Å². The normalized spacial score (nSPS) is 18.5. The molecular formula is C53H92N2O2. The highest BCUT2D eigenvalue weighted by atomic mass is 16.7. The zero-order valence-electron chi connectivity index (χ0n) is 38.5. The van der Waals surface area contributed by atoms with Gasteiger partial charge in [-0.2, -0.15) is 0 Å². The molecule has 0 aliphatic carbocycles. The molecule has 1 fully saturated rings. The molecule has 0 N–H and O–H groups in total. The van der Waals surface area contributed by atoms with Crippen molar-refractivity contribution in [3.8, 4) is 0 Å². The highest BCUT2D eigenvalue weighted by molar-refractivity contribution is 5.20. The Morgan fingerprint density at radius 3 is 1.58 bits per heavy atom. The van der Waals surface area contributed by atoms with Gasteiger partial charge in [-0.1, -0.05) is 153 Å². The van der Waals surface area contributed by atoms with E-state index in [4.69, 9.17) is 9.47 Å². The summed E-state index contributed by atoms with van der Waals surface area (Å²) >= 11 is 0. The van der Waals surface area contributed by atoms with Crippen LogP contribution in [-0.4, -0.2) is 48.0 Å². The number of allylic oxidation sites excluding steroid dienone is 8. The summed E-state index contributed by atoms with van der Waals surface area (Å²) in [6.45, 7) is 13.4. The monoisotopic (exact) mass is 789 g/mol. The summed E-state index contributed by atoms with van der Waals surface area (Å²) in [6, 6.07) is 4.82. The van der Waals surface area contributed by atoms with Gasteiger partial charge in [-0.25, -0.2) is 0 Å². The molecule has 4 nitrogen and oxygen atoms in total. The number of unbranched alkanes of at least 4 members (excludes halogenated alkanes) is 18. The Hall–Kier alpha value is -2.01. The van der Waals surface area contributed by atoms with Gasteiger partial charge in [0.2, 0.25) is 0 Å². The molecule has 1 aliphatic rings. The molecular weight excluding hydrogens is 697 g/mol. The maximum absolute atomic E-state index is 6.92. The van der Waals surface area contributed by atoms with Crippen LogP contribution < -0.4 is 0 Å². The second-order valence-electron chi connectivity index (χ2n) is 18.1. The lowest BCUT2D eigenvalue weighted by molar-refractivity contribution is -0.180. The Balaban J connectivity index is 1.71. The van der Waals surface area contributed by atoms with Crippen molar-refractivity contribution in [1.82, 2.24) is 9.88 Å². The third-order valence-corrected chi connectivity index (χ3v) is 12.3. The standard InChI is InChI=1S/C53H92N2O2/c1-7-9-11-13-15-17-19-21-23-25-27-29-31-33-35-37-42-53(43-38-36-34-32-30-28-26-24-22-20-18-16-14-12-10-8-2)56-48-51(57-53)41-46-55(6)49(3)47-52(4,5)50-39-44-54-45-40-50/h15-18,21-24,39-40,44-45,49,51H,7-14,19-20,25-38,41-43,46-48H2,1-6H3. The summed E-state index contributed by atoms with van der Waals surface area (Å²) < 4.78 is 13.6. The van der Waals surface area contributed by atoms with Gasteiger partial charge in [-0.15, -0.1) is 0 Å². The second-order valence-corrected chi connectivity index (χ2v) is 18.1. The summed E-state index contributed by atoms with van der Waals surface area (Å²) in [5.74, 6) is -0.372. The van der Waals surface area contributed by atoms with Crippen LogP contribution in [0, 0.1) is 0 Å². The van der Waals surface area contributed by atoms with Crippen molar-refractivity contribution >= 4 is 0 Å². The SMILES string of the molecule is CCCCCC=CCC=CCCCCCCCCC1(CCCCCCCCC=CCC=CCCCCC)OCC(CCN(C)C(C)CC(C)(C)c2ccncc2)O1. The van der Waals surface area contributed by atoms with Gasteiger partial charge in [0.1, 0.15) is 0 Å². The number of rotatable bonds is 37. The molecule has 0 saturated carbocycles. The van der Waals surface area contributed by atoms with Crippen LogP contribution in [0.4, 0.5) is 0 Å². The van der Waals surface area contributed by atoms with Crippen molar-refractivity contribution in [3.05, 3.63) is 78.7 Å². The number of hydrogen-bond acceptors (Lipinski definition) is 4. The second kappa shape index (κ2) is 33.8. The van der Waals surface area contributed by atoms with E-state index in [1.54, 1.807) is 0 Å². The lowest BCUT2D eigenvalue weighted by atomic mass is 9.79. The molecule has 0 amide bonds. The van der Waals surface area contributed by atoms with Gasteiger partial charge in [0.05, 0.1) is 12.7 Å². The zero-order valence-corrected chi connectivity index (χ0v) is 38.5. The van der Waals surface area contributed by atoms with Gasteiger partial charge < -0.3 is 14.4 Å². The molecule has 2 atom stereocenters. The van der Waals surface area contributed by atoms with Gasteiger partial charge in [0, 0.05) is 37.8 Å². The van der Waals surface area contributed by atoms with Crippen LogP contribution in [0.15, 0.2) is 73.1 Å². The Morgan fingerprint density at radius 1 is 0.667 bits per heavy atom. The molecule has 4 heteroatoms. The molecule has 57 heavy (non-hydrogen) atoms. The molecule has 0 spiro atoms. The lowest BCUT2D eigenvalue weighted by Gasteiger charge is -2.34. The average molecular weight is 789 g/mol. The Kier molecular flexibility index (Phi) is 30.3. The van der Waals surface area contributed by atoms with Crippen molar-refractivity contribution in [2.24, 2.45) is 0 Å². The third kappa shape index (κ3) is 26.0. The van der Waals surface area contributed by atoms with Crippen molar-refractivity contribution in [1.29, 1.82) is 0 Å². The molecule has 326 valence electrons. The Labute approximate surface area is 354 Å². The lowest BCUT2D eigenvalue weighted by Crippen LogP contribution is -2.37. The molecule has 2 unspecified atom stereocenters. The first-order valence-corrected chi connectivity index (χ1v) is 24.3. The minimum atomic E-state index is -0.372. The van der Waals surface area contributed by atoms with Gasteiger partial charge >= 0.3 is 0 Å². The number of nitrogens with zero attached hydrogens (tertiary/aromatic N) is 2. The van der Waals surface area contributed by atoms with E-state index in [1.807, 2.05) is 12.4 Å². The fraction of sp³-hybridized carbons (Fsp3) is 0.755. The van der Waals surface area contributed by atoms with E-state index in [1.165, 1.54) is 147 Å². The zero-order chi connectivity index (χ0) is 41.1. The van der Waals surface area contributed by atoms with Crippen LogP contribution in [0.5, 0.6) is 0 Å². The largest absolute Gasteiger partial charge is 0.347 e. The fourth-order valence-electron chi connectivity index (χ4n) is 8.29. The maximum atomic E-state index is 6.92. The first-order valence-electron chi connectivity index (χ1n) is 24.3. The topological polar surface area (TPSA) is 34.6 Å². The molecule has 2 rings (SSSR count). The number of aromatic nitrogens is 1. The smallest absolute Gasteiger partial charge is 0.168 e. The molecule has 1 aromatic rings. The highest BCUT2D eigenvalue weighted by Crippen LogP contribution is 2.36. The van der Waals surface area contributed by atoms with E-state index < -0.39 is 0 Å². The van der Waals surface area contributed by atoms with E-state index in [0.29, 0.717) is 6.04 Å². The average Bonchev–Trinajstić information content (AvgIpc) is 3.62. The van der Waals surface area contributed by atoms with Crippen LogP contribution >= 0.6 is 0 Å². The van der Waals surface area contributed by atoms with Crippen molar-refractivity contribution in [3.63, 3.8) is 0 Å². The van der Waals surface area contributed by atoms with Crippen molar-refractivity contribution in [2.45, 2.75) is 238 Å². The number of ether oxygens (including phenoxy) is 2.